The van der Waals surface area contributed by atoms with Crippen molar-refractivity contribution in [2.45, 2.75) is 76.1 Å². The van der Waals surface area contributed by atoms with Crippen LogP contribution in [0.4, 0.5) is 13.2 Å². The van der Waals surface area contributed by atoms with E-state index < -0.39 is 48.5 Å². The first kappa shape index (κ1) is 21.0. The van der Waals surface area contributed by atoms with Crippen LogP contribution in [-0.2, 0) is 28.5 Å². The van der Waals surface area contributed by atoms with Gasteiger partial charge in [-0.15, -0.1) is 8.78 Å². The third-order valence-electron chi connectivity index (χ3n) is 7.27. The molecule has 0 saturated heterocycles. The van der Waals surface area contributed by atoms with Crippen molar-refractivity contribution < 1.29 is 43.1 Å². The molecule has 1 aliphatic carbocycles. The summed E-state index contributed by atoms with van der Waals surface area (Å²) in [6.45, 7) is 0.868. The van der Waals surface area contributed by atoms with Crippen LogP contribution in [0.5, 0.6) is 11.5 Å². The molecule has 6 nitrogen and oxygen atoms in total. The molecule has 1 fully saturated rings. The number of halogens is 3. The average molecular weight is 522 g/mol. The molecular weight excluding hydrogens is 487 g/mol. The first-order valence-corrected chi connectivity index (χ1v) is 11.9. The smallest absolute Gasteiger partial charge is 0.395 e. The van der Waals surface area contributed by atoms with E-state index in [4.69, 9.17) is 5.48 Å². The molecule has 1 aliphatic heterocycles. The molecule has 9 heteroatoms. The zero-order chi connectivity index (χ0) is 30.3. The Labute approximate surface area is 218 Å². The van der Waals surface area contributed by atoms with Crippen LogP contribution in [0, 0.1) is 5.82 Å². The van der Waals surface area contributed by atoms with Crippen molar-refractivity contribution in [1.29, 1.82) is 0 Å². The summed E-state index contributed by atoms with van der Waals surface area (Å²) in [6, 6.07) is 8.07. The SMILES string of the molecule is [2H]C([2H])([C@@H](O)CO)n1c(C(C)(C)C([2H])([2H])C)cc2cc(CC(=O)C3(c4ccc5c(c4)OC(F)(F)O5)CC3)c(F)cc21. The minimum Gasteiger partial charge on any atom is -0.395 e. The van der Waals surface area contributed by atoms with Gasteiger partial charge in [-0.1, -0.05) is 26.8 Å². The molecule has 2 N–H and O–H groups in total. The van der Waals surface area contributed by atoms with E-state index in [1.807, 2.05) is 0 Å². The molecule has 2 aromatic carbocycles. The molecule has 0 radical (unpaired) electrons. The summed E-state index contributed by atoms with van der Waals surface area (Å²) < 4.78 is 86.3. The van der Waals surface area contributed by atoms with Crippen molar-refractivity contribution in [3.05, 3.63) is 59.0 Å². The summed E-state index contributed by atoms with van der Waals surface area (Å²) in [7, 11) is 0. The van der Waals surface area contributed by atoms with Crippen molar-refractivity contribution in [1.82, 2.24) is 4.57 Å². The lowest BCUT2D eigenvalue weighted by Gasteiger charge is -2.26. The number of aliphatic hydroxyl groups is 2. The van der Waals surface area contributed by atoms with Crippen LogP contribution >= 0.6 is 0 Å². The Balaban J connectivity index is 1.54. The van der Waals surface area contributed by atoms with Gasteiger partial charge in [0.1, 0.15) is 11.6 Å². The number of aliphatic hydroxyl groups excluding tert-OH is 2. The van der Waals surface area contributed by atoms with Gasteiger partial charge in [0, 0.05) is 25.7 Å². The Morgan fingerprint density at radius 2 is 1.89 bits per heavy atom. The summed E-state index contributed by atoms with van der Waals surface area (Å²) in [5.41, 5.74) is -1.72. The van der Waals surface area contributed by atoms with E-state index in [1.54, 1.807) is 13.8 Å². The van der Waals surface area contributed by atoms with Gasteiger partial charge in [0.05, 0.1) is 32.9 Å². The molecule has 2 heterocycles. The molecule has 1 aromatic heterocycles. The fraction of sp³-hybridized carbons (Fsp3) is 0.464. The van der Waals surface area contributed by atoms with Crippen LogP contribution in [-0.4, -0.2) is 39.6 Å². The van der Waals surface area contributed by atoms with Crippen LogP contribution in [0.3, 0.4) is 0 Å². The van der Waals surface area contributed by atoms with E-state index in [1.165, 1.54) is 37.3 Å². The number of carbonyl (C=O) groups excluding carboxylic acids is 1. The zero-order valence-electron chi connectivity index (χ0n) is 24.6. The largest absolute Gasteiger partial charge is 0.586 e. The zero-order valence-corrected chi connectivity index (χ0v) is 20.6. The van der Waals surface area contributed by atoms with Gasteiger partial charge in [0.15, 0.2) is 11.5 Å². The number of fused-ring (bicyclic) bond motifs is 2. The topological polar surface area (TPSA) is 80.9 Å². The van der Waals surface area contributed by atoms with Gasteiger partial charge in [-0.25, -0.2) is 4.39 Å². The quantitative estimate of drug-likeness (QED) is 0.415. The summed E-state index contributed by atoms with van der Waals surface area (Å²) in [5, 5.41) is 20.1. The minimum atomic E-state index is -3.80. The monoisotopic (exact) mass is 521 g/mol. The second kappa shape index (κ2) is 8.77. The van der Waals surface area contributed by atoms with Crippen LogP contribution < -0.4 is 9.47 Å². The lowest BCUT2D eigenvalue weighted by Crippen LogP contribution is -2.26. The number of alkyl halides is 2. The van der Waals surface area contributed by atoms with Crippen LogP contribution in [0.1, 0.15) is 62.3 Å². The minimum absolute atomic E-state index is 0.0151. The number of hydrogen-bond donors (Lipinski definition) is 2. The number of rotatable bonds is 9. The molecule has 0 spiro atoms. The van der Waals surface area contributed by atoms with Gasteiger partial charge < -0.3 is 24.3 Å². The molecule has 1 atom stereocenters. The number of benzene rings is 2. The number of ketones is 1. The van der Waals surface area contributed by atoms with Gasteiger partial charge in [-0.05, 0) is 60.7 Å². The predicted octanol–water partition coefficient (Wildman–Crippen LogP) is 4.99. The average Bonchev–Trinajstić information content (AvgIpc) is 3.49. The van der Waals surface area contributed by atoms with Crippen molar-refractivity contribution in [2.75, 3.05) is 6.61 Å². The Kier molecular flexibility index (Phi) is 4.97. The fourth-order valence-corrected chi connectivity index (χ4v) is 4.77. The summed E-state index contributed by atoms with van der Waals surface area (Å²) in [4.78, 5) is 13.5. The molecule has 198 valence electrons. The number of ether oxygens (including phenoxy) is 2. The Hall–Kier alpha value is -3.04. The Morgan fingerprint density at radius 3 is 2.54 bits per heavy atom. The lowest BCUT2D eigenvalue weighted by atomic mass is 9.86. The van der Waals surface area contributed by atoms with Gasteiger partial charge in [0.25, 0.3) is 0 Å². The molecule has 37 heavy (non-hydrogen) atoms. The first-order chi connectivity index (χ1) is 18.8. The molecule has 1 saturated carbocycles. The summed E-state index contributed by atoms with van der Waals surface area (Å²) in [6.07, 6.45) is -7.03. The third-order valence-corrected chi connectivity index (χ3v) is 7.27. The molecule has 5 rings (SSSR count). The number of carbonyl (C=O) groups is 1. The van der Waals surface area contributed by atoms with E-state index in [9.17, 15) is 23.8 Å². The molecule has 3 aromatic rings. The van der Waals surface area contributed by atoms with Crippen molar-refractivity contribution in [3.8, 4) is 11.5 Å². The molecule has 0 bridgehead atoms. The van der Waals surface area contributed by atoms with E-state index in [2.05, 4.69) is 9.47 Å². The Morgan fingerprint density at radius 1 is 1.19 bits per heavy atom. The lowest BCUT2D eigenvalue weighted by molar-refractivity contribution is -0.286. The second-order valence-corrected chi connectivity index (χ2v) is 10.1. The van der Waals surface area contributed by atoms with Gasteiger partial charge in [0.2, 0.25) is 0 Å². The van der Waals surface area contributed by atoms with Gasteiger partial charge in [-0.2, -0.15) is 0 Å². The fourth-order valence-electron chi connectivity index (χ4n) is 4.77. The molecule has 2 aliphatic rings. The highest BCUT2D eigenvalue weighted by Gasteiger charge is 2.52. The standard InChI is InChI=1S/C28H30F3NO5/c1-4-26(2,3)24-10-17-9-16(20(29)13-21(17)32(24)14-19(34)15-33)11-25(35)27(7-8-27)18-5-6-22-23(12-18)37-28(30,31)36-22/h5-6,9-10,12-13,19,33-34H,4,7-8,11,14-15H2,1-3H3/t19-/m1/s1/i4D2,14D2. The van der Waals surface area contributed by atoms with Crippen molar-refractivity contribution in [3.63, 3.8) is 0 Å². The number of hydrogen-bond acceptors (Lipinski definition) is 5. The maximum atomic E-state index is 15.6. The second-order valence-electron chi connectivity index (χ2n) is 10.1. The van der Waals surface area contributed by atoms with Crippen molar-refractivity contribution in [2.24, 2.45) is 0 Å². The highest BCUT2D eigenvalue weighted by molar-refractivity contribution is 5.95. The maximum absolute atomic E-state index is 15.6. The number of Topliss-reactive ketones (excluding diaryl/α,β-unsaturated/α-hetero) is 1. The van der Waals surface area contributed by atoms with E-state index in [-0.39, 0.29) is 40.5 Å². The van der Waals surface area contributed by atoms with E-state index >= 15 is 4.39 Å². The van der Waals surface area contributed by atoms with Gasteiger partial charge in [-0.3, -0.25) is 4.79 Å². The third kappa shape index (κ3) is 4.48. The van der Waals surface area contributed by atoms with E-state index in [0.29, 0.717) is 23.8 Å². The highest BCUT2D eigenvalue weighted by atomic mass is 19.3. The highest BCUT2D eigenvalue weighted by Crippen LogP contribution is 2.52. The summed E-state index contributed by atoms with van der Waals surface area (Å²) >= 11 is 0. The van der Waals surface area contributed by atoms with Crippen LogP contribution in [0.15, 0.2) is 36.4 Å². The maximum Gasteiger partial charge on any atom is 0.586 e. The van der Waals surface area contributed by atoms with E-state index in [0.717, 1.165) is 10.6 Å². The predicted molar refractivity (Wildman–Crippen MR) is 131 cm³/mol. The Bertz CT molecular complexity index is 1550. The molecule has 0 unspecified atom stereocenters. The normalized spacial score (nSPS) is 20.6. The number of aromatic nitrogens is 1. The number of nitrogens with zero attached hydrogens (tertiary/aromatic N) is 1. The first-order valence-electron chi connectivity index (χ1n) is 13.9. The summed E-state index contributed by atoms with van der Waals surface area (Å²) in [5.74, 6) is -1.49. The van der Waals surface area contributed by atoms with Gasteiger partial charge >= 0.3 is 6.29 Å². The van der Waals surface area contributed by atoms with Crippen LogP contribution in [0.2, 0.25) is 0 Å². The molecule has 0 amide bonds. The molecular formula is C28H30F3NO5. The van der Waals surface area contributed by atoms with Crippen molar-refractivity contribution >= 4 is 16.7 Å². The van der Waals surface area contributed by atoms with Crippen LogP contribution in [0.25, 0.3) is 10.9 Å².